The summed E-state index contributed by atoms with van der Waals surface area (Å²) in [6, 6.07) is 5.13. The zero-order valence-corrected chi connectivity index (χ0v) is 11.3. The molecular weight excluding hydrogens is 242 g/mol. The Morgan fingerprint density at radius 3 is 2.37 bits per heavy atom. The first-order chi connectivity index (χ1) is 9.19. The number of benzene rings is 1. The highest BCUT2D eigenvalue weighted by Gasteiger charge is 2.20. The highest BCUT2D eigenvalue weighted by molar-refractivity contribution is 5.63. The maximum Gasteiger partial charge on any atom is 0.273 e. The number of nitro benzene ring substituents is 1. The Morgan fingerprint density at radius 2 is 1.84 bits per heavy atom. The van der Waals surface area contributed by atoms with Crippen molar-refractivity contribution in [3.8, 4) is 0 Å². The number of nitro groups is 1. The lowest BCUT2D eigenvalue weighted by atomic mass is 10.2. The van der Waals surface area contributed by atoms with Crippen LogP contribution >= 0.6 is 0 Å². The van der Waals surface area contributed by atoms with E-state index in [2.05, 4.69) is 17.6 Å². The average molecular weight is 263 g/mol. The average Bonchev–Trinajstić information content (AvgIpc) is 3.20. The first kappa shape index (κ1) is 13.6. The van der Waals surface area contributed by atoms with Gasteiger partial charge in [-0.2, -0.15) is 0 Å². The lowest BCUT2D eigenvalue weighted by Gasteiger charge is -2.10. The number of rotatable bonds is 8. The molecule has 1 aliphatic carbocycles. The standard InChI is InChI=1S/C14H21N3O2/c1-2-6-15-12-8-13(10-14(9-12)17(18)19)16-7-5-11-3-4-11/h8-11,15-16H,2-7H2,1H3. The molecule has 1 aromatic rings. The van der Waals surface area contributed by atoms with E-state index in [1.807, 2.05) is 6.07 Å². The number of anilines is 2. The molecule has 0 radical (unpaired) electrons. The van der Waals surface area contributed by atoms with Crippen LogP contribution in [-0.2, 0) is 0 Å². The van der Waals surface area contributed by atoms with E-state index >= 15 is 0 Å². The molecule has 1 aromatic carbocycles. The Hall–Kier alpha value is -1.78. The summed E-state index contributed by atoms with van der Waals surface area (Å²) in [6.07, 6.45) is 4.81. The Morgan fingerprint density at radius 1 is 1.21 bits per heavy atom. The Balaban J connectivity index is 2.01. The van der Waals surface area contributed by atoms with Crippen LogP contribution in [0.3, 0.4) is 0 Å². The fourth-order valence-electron chi connectivity index (χ4n) is 2.02. The third-order valence-corrected chi connectivity index (χ3v) is 3.29. The van der Waals surface area contributed by atoms with Crippen LogP contribution in [0.2, 0.25) is 0 Å². The van der Waals surface area contributed by atoms with Crippen LogP contribution in [0.25, 0.3) is 0 Å². The van der Waals surface area contributed by atoms with E-state index in [0.29, 0.717) is 0 Å². The molecule has 5 heteroatoms. The normalized spacial score (nSPS) is 14.2. The van der Waals surface area contributed by atoms with Gasteiger partial charge in [0.25, 0.3) is 5.69 Å². The van der Waals surface area contributed by atoms with Gasteiger partial charge in [0.1, 0.15) is 0 Å². The minimum Gasteiger partial charge on any atom is -0.385 e. The minimum absolute atomic E-state index is 0.134. The maximum atomic E-state index is 10.9. The van der Waals surface area contributed by atoms with Gasteiger partial charge >= 0.3 is 0 Å². The van der Waals surface area contributed by atoms with Crippen molar-refractivity contribution in [1.82, 2.24) is 0 Å². The minimum atomic E-state index is -0.344. The molecule has 0 saturated heterocycles. The van der Waals surface area contributed by atoms with Gasteiger partial charge < -0.3 is 10.6 Å². The van der Waals surface area contributed by atoms with Crippen molar-refractivity contribution in [2.24, 2.45) is 5.92 Å². The molecule has 0 aliphatic heterocycles. The largest absolute Gasteiger partial charge is 0.385 e. The van der Waals surface area contributed by atoms with E-state index in [-0.39, 0.29) is 10.6 Å². The molecule has 0 aromatic heterocycles. The summed E-state index contributed by atoms with van der Waals surface area (Å²) in [5.74, 6) is 0.865. The van der Waals surface area contributed by atoms with Gasteiger partial charge in [-0.3, -0.25) is 10.1 Å². The van der Waals surface area contributed by atoms with Gasteiger partial charge in [-0.05, 0) is 24.8 Å². The highest BCUT2D eigenvalue weighted by atomic mass is 16.6. The van der Waals surface area contributed by atoms with Crippen molar-refractivity contribution in [2.75, 3.05) is 23.7 Å². The second-order valence-corrected chi connectivity index (χ2v) is 5.11. The van der Waals surface area contributed by atoms with Crippen LogP contribution in [0.1, 0.15) is 32.6 Å². The van der Waals surface area contributed by atoms with E-state index in [1.165, 1.54) is 12.8 Å². The molecule has 0 spiro atoms. The van der Waals surface area contributed by atoms with Crippen LogP contribution < -0.4 is 10.6 Å². The molecule has 5 nitrogen and oxygen atoms in total. The number of hydrogen-bond acceptors (Lipinski definition) is 4. The predicted octanol–water partition coefficient (Wildman–Crippen LogP) is 3.63. The van der Waals surface area contributed by atoms with Gasteiger partial charge in [-0.15, -0.1) is 0 Å². The number of nitrogens with one attached hydrogen (secondary N) is 2. The topological polar surface area (TPSA) is 67.2 Å². The third kappa shape index (κ3) is 4.43. The van der Waals surface area contributed by atoms with Crippen LogP contribution in [0.15, 0.2) is 18.2 Å². The summed E-state index contributed by atoms with van der Waals surface area (Å²) in [4.78, 5) is 10.6. The summed E-state index contributed by atoms with van der Waals surface area (Å²) in [7, 11) is 0. The monoisotopic (exact) mass is 263 g/mol. The van der Waals surface area contributed by atoms with Crippen LogP contribution in [0, 0.1) is 16.0 Å². The molecule has 1 aliphatic rings. The molecule has 104 valence electrons. The van der Waals surface area contributed by atoms with Crippen molar-refractivity contribution in [3.05, 3.63) is 28.3 Å². The quantitative estimate of drug-likeness (QED) is 0.555. The summed E-state index contributed by atoms with van der Waals surface area (Å²) in [5, 5.41) is 17.4. The van der Waals surface area contributed by atoms with Gasteiger partial charge in [0.15, 0.2) is 0 Å². The number of hydrogen-bond donors (Lipinski definition) is 2. The van der Waals surface area contributed by atoms with Crippen molar-refractivity contribution in [1.29, 1.82) is 0 Å². The van der Waals surface area contributed by atoms with Crippen molar-refractivity contribution in [2.45, 2.75) is 32.6 Å². The molecule has 2 rings (SSSR count). The molecule has 2 N–H and O–H groups in total. The molecule has 0 heterocycles. The van der Waals surface area contributed by atoms with Gasteiger partial charge in [0.05, 0.1) is 4.92 Å². The van der Waals surface area contributed by atoms with Crippen LogP contribution in [-0.4, -0.2) is 18.0 Å². The maximum absolute atomic E-state index is 10.9. The summed E-state index contributed by atoms with van der Waals surface area (Å²) in [6.45, 7) is 3.78. The van der Waals surface area contributed by atoms with E-state index in [0.717, 1.165) is 43.2 Å². The molecule has 0 amide bonds. The highest BCUT2D eigenvalue weighted by Crippen LogP contribution is 2.32. The lowest BCUT2D eigenvalue weighted by Crippen LogP contribution is -2.05. The van der Waals surface area contributed by atoms with Gasteiger partial charge in [0, 0.05) is 36.6 Å². The zero-order valence-electron chi connectivity index (χ0n) is 11.3. The summed E-state index contributed by atoms with van der Waals surface area (Å²) < 4.78 is 0. The molecule has 1 fully saturated rings. The van der Waals surface area contributed by atoms with Gasteiger partial charge in [0.2, 0.25) is 0 Å². The number of nitrogens with zero attached hydrogens (tertiary/aromatic N) is 1. The molecule has 0 unspecified atom stereocenters. The zero-order chi connectivity index (χ0) is 13.7. The Labute approximate surface area is 113 Å². The molecule has 0 atom stereocenters. The number of non-ortho nitro benzene ring substituents is 1. The van der Waals surface area contributed by atoms with Crippen LogP contribution in [0.5, 0.6) is 0 Å². The lowest BCUT2D eigenvalue weighted by molar-refractivity contribution is -0.384. The first-order valence-corrected chi connectivity index (χ1v) is 6.96. The van der Waals surface area contributed by atoms with E-state index in [1.54, 1.807) is 12.1 Å². The molecular formula is C14H21N3O2. The second kappa shape index (κ2) is 6.41. The summed E-state index contributed by atoms with van der Waals surface area (Å²) >= 11 is 0. The van der Waals surface area contributed by atoms with Crippen molar-refractivity contribution in [3.63, 3.8) is 0 Å². The van der Waals surface area contributed by atoms with E-state index < -0.39 is 0 Å². The SMILES string of the molecule is CCCNc1cc(NCCC2CC2)cc([N+](=O)[O-])c1. The fraction of sp³-hybridized carbons (Fsp3) is 0.571. The Bertz CT molecular complexity index is 444. The van der Waals surface area contributed by atoms with Crippen molar-refractivity contribution < 1.29 is 4.92 Å². The van der Waals surface area contributed by atoms with Gasteiger partial charge in [-0.1, -0.05) is 19.8 Å². The third-order valence-electron chi connectivity index (χ3n) is 3.29. The molecule has 19 heavy (non-hydrogen) atoms. The Kier molecular flexibility index (Phi) is 4.60. The van der Waals surface area contributed by atoms with Crippen molar-refractivity contribution >= 4 is 17.1 Å². The summed E-state index contributed by atoms with van der Waals surface area (Å²) in [5.41, 5.74) is 1.77. The second-order valence-electron chi connectivity index (χ2n) is 5.11. The van der Waals surface area contributed by atoms with E-state index in [4.69, 9.17) is 0 Å². The predicted molar refractivity (Wildman–Crippen MR) is 77.7 cm³/mol. The first-order valence-electron chi connectivity index (χ1n) is 6.96. The molecule has 1 saturated carbocycles. The smallest absolute Gasteiger partial charge is 0.273 e. The molecule has 0 bridgehead atoms. The van der Waals surface area contributed by atoms with Crippen LogP contribution in [0.4, 0.5) is 17.1 Å². The fourth-order valence-corrected chi connectivity index (χ4v) is 2.02. The van der Waals surface area contributed by atoms with E-state index in [9.17, 15) is 10.1 Å². The van der Waals surface area contributed by atoms with Gasteiger partial charge in [-0.25, -0.2) is 0 Å².